The predicted molar refractivity (Wildman–Crippen MR) is 284 cm³/mol. The van der Waals surface area contributed by atoms with E-state index in [1.807, 2.05) is 56.9 Å². The third-order valence-electron chi connectivity index (χ3n) is 13.2. The van der Waals surface area contributed by atoms with Crippen molar-refractivity contribution < 1.29 is 50.1 Å². The van der Waals surface area contributed by atoms with E-state index in [0.29, 0.717) is 85.9 Å². The molecule has 0 saturated carbocycles. The number of benzene rings is 4. The molecule has 0 unspecified atom stereocenters. The Hall–Kier alpha value is -6.66. The summed E-state index contributed by atoms with van der Waals surface area (Å²) in [5, 5.41) is 25.8. The van der Waals surface area contributed by atoms with Gasteiger partial charge in [0, 0.05) is 82.0 Å². The molecule has 5 N–H and O–H groups in total. The molecular formula is C56H68F4N8O7S. The Labute approximate surface area is 442 Å². The quantitative estimate of drug-likeness (QED) is 0.00988. The fourth-order valence-corrected chi connectivity index (χ4v) is 10.3. The summed E-state index contributed by atoms with van der Waals surface area (Å²) >= 11 is 0. The summed E-state index contributed by atoms with van der Waals surface area (Å²) in [4.78, 5) is 38.6. The van der Waals surface area contributed by atoms with Gasteiger partial charge in [-0.3, -0.25) is 9.59 Å². The van der Waals surface area contributed by atoms with Gasteiger partial charge < -0.3 is 35.8 Å². The van der Waals surface area contributed by atoms with Gasteiger partial charge in [-0.25, -0.2) is 27.2 Å². The molecule has 0 spiro atoms. The zero-order chi connectivity index (χ0) is 55.4. The number of ether oxygens (including phenoxy) is 2. The number of fused-ring (bicyclic) bond motifs is 1. The van der Waals surface area contributed by atoms with Crippen LogP contribution in [0.4, 0.5) is 28.9 Å². The van der Waals surface area contributed by atoms with Gasteiger partial charge in [0.2, 0.25) is 33.3 Å². The first kappa shape index (κ1) is 58.6. The number of sulfonamides is 1. The van der Waals surface area contributed by atoms with Crippen molar-refractivity contribution in [2.45, 2.75) is 103 Å². The van der Waals surface area contributed by atoms with Crippen molar-refractivity contribution >= 4 is 51.1 Å². The average Bonchev–Trinajstić information content (AvgIpc) is 3.54. The number of carbonyl (C=O) groups excluding carboxylic acids is 2. The van der Waals surface area contributed by atoms with Crippen LogP contribution in [0, 0.1) is 45.9 Å². The monoisotopic (exact) mass is 1070 g/mol. The molecule has 2 aliphatic rings. The number of halogens is 4. The van der Waals surface area contributed by atoms with Gasteiger partial charge in [-0.15, -0.1) is 0 Å². The maximum absolute atomic E-state index is 14.2. The van der Waals surface area contributed by atoms with E-state index < -0.39 is 56.0 Å². The van der Waals surface area contributed by atoms with Crippen LogP contribution in [0.2, 0.25) is 0 Å². The summed E-state index contributed by atoms with van der Waals surface area (Å²) < 4.78 is 95.5. The van der Waals surface area contributed by atoms with E-state index in [9.17, 15) is 45.9 Å². The highest BCUT2D eigenvalue weighted by atomic mass is 32.2. The Balaban J connectivity index is 1.16. The molecule has 15 nitrogen and oxygen atoms in total. The number of nitriles is 1. The van der Waals surface area contributed by atoms with Crippen LogP contribution in [0.15, 0.2) is 87.2 Å². The van der Waals surface area contributed by atoms with Crippen molar-refractivity contribution in [1.29, 1.82) is 5.26 Å². The van der Waals surface area contributed by atoms with Gasteiger partial charge in [0.15, 0.2) is 17.6 Å². The first-order chi connectivity index (χ1) is 36.1. The number of aliphatic hydroxyl groups excluding tert-OH is 1. The molecule has 4 aromatic rings. The molecule has 0 bridgehead atoms. The first-order valence-electron chi connectivity index (χ1n) is 25.6. The third kappa shape index (κ3) is 15.0. The number of aryl methyl sites for hydroxylation is 1. The molecule has 1 saturated heterocycles. The molecule has 6 rings (SSSR count). The maximum atomic E-state index is 14.2. The van der Waals surface area contributed by atoms with Gasteiger partial charge in [0.05, 0.1) is 38.9 Å². The summed E-state index contributed by atoms with van der Waals surface area (Å²) in [6, 6.07) is 19.6. The van der Waals surface area contributed by atoms with Crippen LogP contribution >= 0.6 is 0 Å². The lowest BCUT2D eigenvalue weighted by atomic mass is 9.90. The summed E-state index contributed by atoms with van der Waals surface area (Å²) in [5.74, 6) is -9.08. The topological polar surface area (TPSA) is 212 Å². The highest BCUT2D eigenvalue weighted by Gasteiger charge is 2.37. The number of nitrogens with one attached hydrogen (secondary N) is 2. The van der Waals surface area contributed by atoms with Crippen LogP contribution in [0.1, 0.15) is 103 Å². The number of nitrogens with zero attached hydrogens (tertiary/aromatic N) is 5. The number of aliphatic imine (C=N–C) groups is 2. The Morgan fingerprint density at radius 3 is 2.28 bits per heavy atom. The van der Waals surface area contributed by atoms with Crippen LogP contribution in [-0.2, 0) is 30.8 Å². The molecular weight excluding hydrogens is 1000 g/mol. The van der Waals surface area contributed by atoms with E-state index in [1.54, 1.807) is 42.5 Å². The molecule has 408 valence electrons. The first-order valence-corrected chi connectivity index (χ1v) is 27.0. The lowest BCUT2D eigenvalue weighted by Crippen LogP contribution is -2.51. The van der Waals surface area contributed by atoms with E-state index in [2.05, 4.69) is 16.7 Å². The van der Waals surface area contributed by atoms with E-state index in [-0.39, 0.29) is 67.8 Å². The van der Waals surface area contributed by atoms with Gasteiger partial charge in [0.25, 0.3) is 0 Å². The number of amides is 1. The molecule has 76 heavy (non-hydrogen) atoms. The maximum Gasteiger partial charge on any atom is 0.317 e. The molecule has 0 radical (unpaired) electrons. The summed E-state index contributed by atoms with van der Waals surface area (Å²) in [6.07, 6.45) is 5.99. The third-order valence-corrected chi connectivity index (χ3v) is 15.0. The standard InChI is InChI=1S/C56H68F4N8O7S/c1-7-22-67(23-8-2)52(70)41-28-44-39(26-40(29-47(44)66-48(62)30-41)38-15-12-17-43(27-38)76(72,73)68-33-37(34-68)35-69)14-9-10-20-63-54(65-42-16-11-13-36(25-42)32-61)64-21-18-56(5,6)74-24-19-55(3,4)53(71)75-51-49(59)45(57)31-46(58)50(51)60/h11-13,15-17,25-29,31,37,69H,7-10,14,18-24,30,33-35H2,1-6H3,(H2,62,66)(H2,63,64,65). The molecule has 1 amide bonds. The number of esters is 1. The second-order valence-electron chi connectivity index (χ2n) is 20.3. The number of unbranched alkanes of at least 4 members (excludes halogenated alkanes) is 1. The van der Waals surface area contributed by atoms with Crippen molar-refractivity contribution in [3.63, 3.8) is 0 Å². The van der Waals surface area contributed by atoms with Crippen molar-refractivity contribution in [2.75, 3.05) is 52.5 Å². The molecule has 20 heteroatoms. The molecule has 0 aliphatic carbocycles. The van der Waals surface area contributed by atoms with Crippen molar-refractivity contribution in [3.8, 4) is 22.9 Å². The van der Waals surface area contributed by atoms with E-state index in [0.717, 1.165) is 29.5 Å². The predicted octanol–water partition coefficient (Wildman–Crippen LogP) is 9.22. The van der Waals surface area contributed by atoms with Gasteiger partial charge in [0.1, 0.15) is 5.84 Å². The van der Waals surface area contributed by atoms with Crippen molar-refractivity contribution in [3.05, 3.63) is 112 Å². The molecule has 0 aromatic heterocycles. The van der Waals surface area contributed by atoms with Gasteiger partial charge in [-0.2, -0.15) is 18.3 Å². The van der Waals surface area contributed by atoms with E-state index in [4.69, 9.17) is 25.2 Å². The minimum Gasteiger partial charge on any atom is -0.420 e. The zero-order valence-corrected chi connectivity index (χ0v) is 44.8. The van der Waals surface area contributed by atoms with Crippen molar-refractivity contribution in [1.82, 2.24) is 19.8 Å². The number of aliphatic hydroxyl groups is 1. The molecule has 2 heterocycles. The van der Waals surface area contributed by atoms with Gasteiger partial charge >= 0.3 is 5.97 Å². The molecule has 4 aromatic carbocycles. The van der Waals surface area contributed by atoms with Crippen LogP contribution < -0.4 is 21.1 Å². The number of carbonyl (C=O) groups is 2. The highest BCUT2D eigenvalue weighted by molar-refractivity contribution is 7.89. The Kier molecular flexibility index (Phi) is 20.0. The summed E-state index contributed by atoms with van der Waals surface area (Å²) in [5.41, 5.74) is 9.50. The number of hydrogen-bond donors (Lipinski definition) is 4. The normalized spacial score (nSPS) is 14.4. The summed E-state index contributed by atoms with van der Waals surface area (Å²) in [7, 11) is -3.81. The van der Waals surface area contributed by atoms with Crippen LogP contribution in [0.5, 0.6) is 5.75 Å². The number of guanidine groups is 1. The van der Waals surface area contributed by atoms with Gasteiger partial charge in [-0.1, -0.05) is 38.1 Å². The lowest BCUT2D eigenvalue weighted by molar-refractivity contribution is -0.146. The smallest absolute Gasteiger partial charge is 0.317 e. The minimum absolute atomic E-state index is 0.0205. The molecule has 0 atom stereocenters. The largest absolute Gasteiger partial charge is 0.420 e. The number of nitrogens with two attached hydrogens (primary N) is 1. The average molecular weight is 1070 g/mol. The fourth-order valence-electron chi connectivity index (χ4n) is 8.63. The van der Waals surface area contributed by atoms with Gasteiger partial charge in [-0.05, 0) is 132 Å². The summed E-state index contributed by atoms with van der Waals surface area (Å²) in [6.45, 7) is 13.1. The number of rotatable bonds is 24. The lowest BCUT2D eigenvalue weighted by Gasteiger charge is -2.36. The Bertz CT molecular complexity index is 2970. The minimum atomic E-state index is -3.81. The molecule has 2 aliphatic heterocycles. The SMILES string of the molecule is CCCN(CCC)C(=O)C1=Cc2c(CCCCN/C(=N/c3cccc(C#N)c3)NCCC(C)(C)OCCC(C)(C)C(=O)Oc3c(F)c(F)cc(F)c3F)cc(-c3cccc(S(=O)(=O)N4CC(CO)C4)c3)cc2N=C(N)C1. The van der Waals surface area contributed by atoms with Crippen LogP contribution in [0.25, 0.3) is 17.2 Å². The number of hydrogen-bond acceptors (Lipinski definition) is 11. The Morgan fingerprint density at radius 1 is 0.921 bits per heavy atom. The Morgan fingerprint density at radius 2 is 1.61 bits per heavy atom. The van der Waals surface area contributed by atoms with Crippen molar-refractivity contribution in [2.24, 2.45) is 27.1 Å². The van der Waals surface area contributed by atoms with E-state index >= 15 is 0 Å². The fraction of sp³-hybridized carbons (Fsp3) is 0.446. The second-order valence-corrected chi connectivity index (χ2v) is 22.3. The highest BCUT2D eigenvalue weighted by Crippen LogP contribution is 2.38. The number of amidine groups is 1. The molecule has 1 fully saturated rings. The van der Waals surface area contributed by atoms with Crippen LogP contribution in [-0.4, -0.2) is 104 Å². The van der Waals surface area contributed by atoms with E-state index in [1.165, 1.54) is 18.2 Å². The zero-order valence-electron chi connectivity index (χ0n) is 43.9. The van der Waals surface area contributed by atoms with Crippen LogP contribution in [0.3, 0.4) is 0 Å². The second kappa shape index (κ2) is 25.9.